The number of halogens is 2. The average Bonchev–Trinajstić information content (AvgIpc) is 2.27. The van der Waals surface area contributed by atoms with Crippen LogP contribution in [0.25, 0.3) is 0 Å². The first kappa shape index (κ1) is 12.4. The maximum absolute atomic E-state index is 13.0. The molecule has 84 valence electrons. The summed E-state index contributed by atoms with van der Waals surface area (Å²) in [4.78, 5) is 0. The third-order valence-corrected chi connectivity index (χ3v) is 2.70. The Hall–Kier alpha value is -0.650. The summed E-state index contributed by atoms with van der Waals surface area (Å²) in [7, 11) is 1.42. The number of aliphatic hydroxyl groups is 2. The van der Waals surface area contributed by atoms with E-state index < -0.39 is 18.0 Å². The van der Waals surface area contributed by atoms with Gasteiger partial charge in [0.25, 0.3) is 0 Å². The van der Waals surface area contributed by atoms with E-state index in [1.807, 2.05) is 0 Å². The van der Waals surface area contributed by atoms with Crippen molar-refractivity contribution in [3.8, 4) is 5.75 Å². The minimum Gasteiger partial charge on any atom is -0.496 e. The Balaban J connectivity index is 3.05. The van der Waals surface area contributed by atoms with E-state index in [1.165, 1.54) is 19.2 Å². The molecule has 0 radical (unpaired) electrons. The summed E-state index contributed by atoms with van der Waals surface area (Å²) < 4.78 is 17.9. The minimum atomic E-state index is -1.17. The van der Waals surface area contributed by atoms with E-state index in [1.54, 1.807) is 0 Å². The van der Waals surface area contributed by atoms with Crippen LogP contribution in [0.15, 0.2) is 18.2 Å². The van der Waals surface area contributed by atoms with Gasteiger partial charge >= 0.3 is 0 Å². The molecule has 0 bridgehead atoms. The van der Waals surface area contributed by atoms with Crippen LogP contribution in [0.5, 0.6) is 5.75 Å². The van der Waals surface area contributed by atoms with Gasteiger partial charge in [-0.2, -0.15) is 0 Å². The van der Waals surface area contributed by atoms with E-state index in [0.717, 1.165) is 6.07 Å². The second-order valence-electron chi connectivity index (χ2n) is 3.05. The van der Waals surface area contributed by atoms with Gasteiger partial charge in [-0.15, -0.1) is 0 Å². The van der Waals surface area contributed by atoms with Gasteiger partial charge in [-0.05, 0) is 18.2 Å². The molecule has 3 nitrogen and oxygen atoms in total. The van der Waals surface area contributed by atoms with Crippen molar-refractivity contribution >= 4 is 15.9 Å². The molecule has 0 saturated carbocycles. The number of aliphatic hydroxyl groups excluding tert-OH is 2. The molecule has 5 heteroatoms. The SMILES string of the molecule is COc1ccc(F)cc1C(O)C(O)CBr. The van der Waals surface area contributed by atoms with Crippen LogP contribution < -0.4 is 4.74 Å². The van der Waals surface area contributed by atoms with Crippen LogP contribution in [-0.2, 0) is 0 Å². The Morgan fingerprint density at radius 3 is 2.67 bits per heavy atom. The van der Waals surface area contributed by atoms with E-state index in [0.29, 0.717) is 5.75 Å². The lowest BCUT2D eigenvalue weighted by atomic mass is 10.0. The number of rotatable bonds is 4. The summed E-state index contributed by atoms with van der Waals surface area (Å²) in [6.07, 6.45) is -2.17. The average molecular weight is 279 g/mol. The van der Waals surface area contributed by atoms with E-state index in [4.69, 9.17) is 4.74 Å². The Morgan fingerprint density at radius 1 is 1.47 bits per heavy atom. The number of hydrogen-bond acceptors (Lipinski definition) is 3. The highest BCUT2D eigenvalue weighted by Gasteiger charge is 2.21. The Morgan fingerprint density at radius 2 is 2.13 bits per heavy atom. The molecular formula is C10H12BrFO3. The van der Waals surface area contributed by atoms with Crippen LogP contribution in [0.1, 0.15) is 11.7 Å². The number of methoxy groups -OCH3 is 1. The van der Waals surface area contributed by atoms with Gasteiger partial charge in [0.1, 0.15) is 17.7 Å². The smallest absolute Gasteiger partial charge is 0.124 e. The van der Waals surface area contributed by atoms with Crippen molar-refractivity contribution in [2.75, 3.05) is 12.4 Å². The fourth-order valence-corrected chi connectivity index (χ4v) is 1.58. The number of alkyl halides is 1. The predicted molar refractivity (Wildman–Crippen MR) is 57.7 cm³/mol. The van der Waals surface area contributed by atoms with Gasteiger partial charge in [-0.3, -0.25) is 0 Å². The molecule has 0 spiro atoms. The third-order valence-electron chi connectivity index (χ3n) is 2.03. The molecule has 0 aliphatic heterocycles. The first-order valence-corrected chi connectivity index (χ1v) is 5.47. The van der Waals surface area contributed by atoms with Crippen molar-refractivity contribution in [1.82, 2.24) is 0 Å². The fraction of sp³-hybridized carbons (Fsp3) is 0.400. The first-order valence-electron chi connectivity index (χ1n) is 4.35. The minimum absolute atomic E-state index is 0.202. The van der Waals surface area contributed by atoms with Crippen LogP contribution in [-0.4, -0.2) is 28.8 Å². The van der Waals surface area contributed by atoms with Crippen molar-refractivity contribution in [2.45, 2.75) is 12.2 Å². The van der Waals surface area contributed by atoms with Crippen LogP contribution in [0.2, 0.25) is 0 Å². The predicted octanol–water partition coefficient (Wildman–Crippen LogP) is 1.62. The standard InChI is InChI=1S/C10H12BrFO3/c1-15-9-3-2-6(12)4-7(9)10(14)8(13)5-11/h2-4,8,10,13-14H,5H2,1H3. The van der Waals surface area contributed by atoms with Crippen molar-refractivity contribution in [3.63, 3.8) is 0 Å². The number of ether oxygens (including phenoxy) is 1. The molecule has 1 aromatic carbocycles. The lowest BCUT2D eigenvalue weighted by Crippen LogP contribution is -2.20. The van der Waals surface area contributed by atoms with Crippen molar-refractivity contribution in [1.29, 1.82) is 0 Å². The van der Waals surface area contributed by atoms with Gasteiger partial charge < -0.3 is 14.9 Å². The lowest BCUT2D eigenvalue weighted by Gasteiger charge is -2.18. The van der Waals surface area contributed by atoms with Gasteiger partial charge in [0.2, 0.25) is 0 Å². The molecule has 0 aromatic heterocycles. The van der Waals surface area contributed by atoms with E-state index >= 15 is 0 Å². The van der Waals surface area contributed by atoms with Gasteiger partial charge in [0.05, 0.1) is 13.2 Å². The van der Waals surface area contributed by atoms with Crippen LogP contribution in [0, 0.1) is 5.82 Å². The Bertz CT molecular complexity index is 332. The van der Waals surface area contributed by atoms with Crippen molar-refractivity contribution in [3.05, 3.63) is 29.6 Å². The summed E-state index contributed by atoms with van der Waals surface area (Å²) >= 11 is 3.03. The number of benzene rings is 1. The maximum atomic E-state index is 13.0. The quantitative estimate of drug-likeness (QED) is 0.823. The zero-order chi connectivity index (χ0) is 11.4. The monoisotopic (exact) mass is 278 g/mol. The topological polar surface area (TPSA) is 49.7 Å². The molecule has 2 N–H and O–H groups in total. The normalized spacial score (nSPS) is 14.7. The fourth-order valence-electron chi connectivity index (χ4n) is 1.23. The Labute approximate surface area is 95.6 Å². The van der Waals surface area contributed by atoms with Crippen LogP contribution in [0.4, 0.5) is 4.39 Å². The zero-order valence-electron chi connectivity index (χ0n) is 8.15. The molecule has 0 amide bonds. The molecule has 0 aliphatic rings. The maximum Gasteiger partial charge on any atom is 0.124 e. The molecule has 2 unspecified atom stereocenters. The summed E-state index contributed by atoms with van der Waals surface area (Å²) in [5.41, 5.74) is 0.240. The molecule has 0 fully saturated rings. The van der Waals surface area contributed by atoms with Crippen LogP contribution >= 0.6 is 15.9 Å². The third kappa shape index (κ3) is 2.90. The highest BCUT2D eigenvalue weighted by molar-refractivity contribution is 9.09. The van der Waals surface area contributed by atoms with Gasteiger partial charge in [-0.1, -0.05) is 15.9 Å². The Kier molecular flexibility index (Phi) is 4.50. The second kappa shape index (κ2) is 5.44. The summed E-state index contributed by atoms with van der Waals surface area (Å²) in [6.45, 7) is 0. The molecule has 1 rings (SSSR count). The second-order valence-corrected chi connectivity index (χ2v) is 3.70. The molecule has 2 atom stereocenters. The number of hydrogen-bond donors (Lipinski definition) is 2. The zero-order valence-corrected chi connectivity index (χ0v) is 9.74. The van der Waals surface area contributed by atoms with Gasteiger partial charge in [-0.25, -0.2) is 4.39 Å². The van der Waals surface area contributed by atoms with Crippen molar-refractivity contribution in [2.24, 2.45) is 0 Å². The molecule has 1 aromatic rings. The van der Waals surface area contributed by atoms with E-state index in [2.05, 4.69) is 15.9 Å². The molecule has 0 aliphatic carbocycles. The molecule has 15 heavy (non-hydrogen) atoms. The van der Waals surface area contributed by atoms with E-state index in [9.17, 15) is 14.6 Å². The van der Waals surface area contributed by atoms with E-state index in [-0.39, 0.29) is 10.9 Å². The highest BCUT2D eigenvalue weighted by Crippen LogP contribution is 2.28. The largest absolute Gasteiger partial charge is 0.496 e. The van der Waals surface area contributed by atoms with Gasteiger partial charge in [0, 0.05) is 10.9 Å². The molecule has 0 saturated heterocycles. The summed E-state index contributed by atoms with van der Waals surface area (Å²) in [6, 6.07) is 3.79. The summed E-state index contributed by atoms with van der Waals surface area (Å²) in [5.74, 6) is -0.129. The molecular weight excluding hydrogens is 267 g/mol. The lowest BCUT2D eigenvalue weighted by molar-refractivity contribution is 0.0325. The van der Waals surface area contributed by atoms with Crippen molar-refractivity contribution < 1.29 is 19.3 Å². The highest BCUT2D eigenvalue weighted by atomic mass is 79.9. The van der Waals surface area contributed by atoms with Crippen LogP contribution in [0.3, 0.4) is 0 Å². The summed E-state index contributed by atoms with van der Waals surface area (Å²) in [5, 5.41) is 19.3. The van der Waals surface area contributed by atoms with Gasteiger partial charge in [0.15, 0.2) is 0 Å². The first-order chi connectivity index (χ1) is 7.10. The molecule has 0 heterocycles.